The van der Waals surface area contributed by atoms with E-state index in [0.29, 0.717) is 0 Å². The van der Waals surface area contributed by atoms with Gasteiger partial charge in [-0.05, 0) is 24.3 Å². The molecule has 0 unspecified atom stereocenters. The van der Waals surface area contributed by atoms with Crippen LogP contribution < -0.4 is 8.88 Å². The predicted molar refractivity (Wildman–Crippen MR) is 117 cm³/mol. The first-order valence-electron chi connectivity index (χ1n) is 8.46. The molecule has 27 heavy (non-hydrogen) atoms. The van der Waals surface area contributed by atoms with Crippen molar-refractivity contribution >= 4 is 36.7 Å². The summed E-state index contributed by atoms with van der Waals surface area (Å²) in [6.45, 7) is 2.16. The maximum Gasteiger partial charge on any atom is 0.294 e. The molecule has 0 aliphatic carbocycles. The van der Waals surface area contributed by atoms with Crippen LogP contribution >= 0.6 is 25.3 Å². The molecule has 0 amide bonds. The highest BCUT2D eigenvalue weighted by Gasteiger charge is 2.37. The lowest BCUT2D eigenvalue weighted by Gasteiger charge is -2.43. The van der Waals surface area contributed by atoms with Crippen molar-refractivity contribution in [3.05, 3.63) is 60.7 Å². The van der Waals surface area contributed by atoms with Gasteiger partial charge in [-0.3, -0.25) is 8.88 Å². The molecule has 2 rings (SSSR count). The van der Waals surface area contributed by atoms with E-state index >= 15 is 0 Å². The van der Waals surface area contributed by atoms with Gasteiger partial charge in [-0.2, -0.15) is 0 Å². The molecule has 2 aromatic carbocycles. The molecule has 0 aliphatic heterocycles. The van der Waals surface area contributed by atoms with Gasteiger partial charge < -0.3 is 18.1 Å². The van der Waals surface area contributed by atoms with Crippen LogP contribution in [0.1, 0.15) is 6.92 Å². The van der Waals surface area contributed by atoms with Crippen LogP contribution in [-0.2, 0) is 18.1 Å². The minimum atomic E-state index is -1.28. The number of hydrogen-bond acceptors (Lipinski definition) is 6. The van der Waals surface area contributed by atoms with Crippen LogP contribution in [0.5, 0.6) is 0 Å². The predicted octanol–water partition coefficient (Wildman–Crippen LogP) is 6.37. The minimum Gasteiger partial charge on any atom is -0.321 e. The smallest absolute Gasteiger partial charge is 0.294 e. The molecule has 0 heterocycles. The fraction of sp³-hybridized carbons (Fsp3) is 0.333. The lowest BCUT2D eigenvalue weighted by molar-refractivity contribution is 0.340. The fourth-order valence-electron chi connectivity index (χ4n) is 2.55. The largest absolute Gasteiger partial charge is 0.321 e. The number of rotatable bonds is 11. The average Bonchev–Trinajstić information content (AvgIpc) is 2.74. The minimum absolute atomic E-state index is 0.871. The molecule has 0 saturated heterocycles. The van der Waals surface area contributed by atoms with Crippen molar-refractivity contribution in [1.29, 1.82) is 0 Å². The molecule has 0 radical (unpaired) electrons. The second kappa shape index (κ2) is 11.9. The van der Waals surface area contributed by atoms with Crippen LogP contribution in [0.25, 0.3) is 0 Å². The molecular weight excluding hydrogens is 401 g/mol. The highest BCUT2D eigenvalue weighted by Crippen LogP contribution is 2.67. The Bertz CT molecular complexity index is 590. The number of hydrogen-bond donors (Lipinski definition) is 0. The molecule has 0 fully saturated rings. The first kappa shape index (κ1) is 22.5. The standard InChI is InChI=1S/C18H27N2O4P3/c1-6-25(19(26(21-2)22-3)17-13-9-7-10-14-17)20(27(23-4)24-5)18-15-11-8-12-16-18/h7-16H,6H2,1-5H3. The Hall–Kier alpha value is -0.830. The van der Waals surface area contributed by atoms with Crippen molar-refractivity contribution in [2.75, 3.05) is 43.5 Å². The molecule has 148 valence electrons. The van der Waals surface area contributed by atoms with Crippen LogP contribution in [0.15, 0.2) is 60.7 Å². The molecule has 0 spiro atoms. The van der Waals surface area contributed by atoms with Crippen molar-refractivity contribution in [3.63, 3.8) is 0 Å². The third kappa shape index (κ3) is 5.59. The third-order valence-electron chi connectivity index (χ3n) is 3.63. The number of para-hydroxylation sites is 2. The highest BCUT2D eigenvalue weighted by molar-refractivity contribution is 7.81. The van der Waals surface area contributed by atoms with Crippen molar-refractivity contribution in [2.24, 2.45) is 0 Å². The lowest BCUT2D eigenvalue weighted by Crippen LogP contribution is -2.25. The van der Waals surface area contributed by atoms with E-state index in [1.54, 1.807) is 28.4 Å². The average molecular weight is 428 g/mol. The molecule has 0 aromatic heterocycles. The first-order chi connectivity index (χ1) is 13.2. The van der Waals surface area contributed by atoms with Gasteiger partial charge in [0.25, 0.3) is 17.1 Å². The summed E-state index contributed by atoms with van der Waals surface area (Å²) in [6, 6.07) is 20.4. The van der Waals surface area contributed by atoms with E-state index in [9.17, 15) is 0 Å². The van der Waals surface area contributed by atoms with E-state index in [1.165, 1.54) is 0 Å². The number of anilines is 2. The van der Waals surface area contributed by atoms with Crippen molar-refractivity contribution in [2.45, 2.75) is 6.92 Å². The topological polar surface area (TPSA) is 43.4 Å². The molecule has 0 saturated carbocycles. The lowest BCUT2D eigenvalue weighted by atomic mass is 10.3. The molecule has 0 aliphatic rings. The normalized spacial score (nSPS) is 11.4. The van der Waals surface area contributed by atoms with E-state index < -0.39 is 25.3 Å². The van der Waals surface area contributed by atoms with E-state index in [0.717, 1.165) is 17.5 Å². The first-order valence-corrected chi connectivity index (χ1v) is 12.1. The zero-order chi connectivity index (χ0) is 19.6. The molecule has 9 heteroatoms. The summed E-state index contributed by atoms with van der Waals surface area (Å²) >= 11 is 0. The zero-order valence-corrected chi connectivity index (χ0v) is 19.0. The summed E-state index contributed by atoms with van der Waals surface area (Å²) in [5.74, 6) is 0. The van der Waals surface area contributed by atoms with E-state index in [4.69, 9.17) is 18.1 Å². The van der Waals surface area contributed by atoms with Gasteiger partial charge in [-0.15, -0.1) is 0 Å². The van der Waals surface area contributed by atoms with Crippen molar-refractivity contribution in [3.8, 4) is 0 Å². The van der Waals surface area contributed by atoms with Gasteiger partial charge in [-0.25, -0.2) is 0 Å². The third-order valence-corrected chi connectivity index (χ3v) is 9.98. The van der Waals surface area contributed by atoms with Crippen molar-refractivity contribution in [1.82, 2.24) is 0 Å². The zero-order valence-electron chi connectivity index (χ0n) is 16.3. The molecule has 6 nitrogen and oxygen atoms in total. The van der Waals surface area contributed by atoms with Gasteiger partial charge in [0.05, 0.1) is 0 Å². The summed E-state index contributed by atoms with van der Waals surface area (Å²) in [7, 11) is 3.24. The monoisotopic (exact) mass is 428 g/mol. The summed E-state index contributed by atoms with van der Waals surface area (Å²) < 4.78 is 27.3. The van der Waals surface area contributed by atoms with Crippen LogP contribution in [0.3, 0.4) is 0 Å². The summed E-state index contributed by atoms with van der Waals surface area (Å²) in [5, 5.41) is 0. The van der Waals surface area contributed by atoms with Gasteiger partial charge in [0.1, 0.15) is 8.22 Å². The Labute approximate surface area is 166 Å². The maximum atomic E-state index is 5.72. The molecule has 0 bridgehead atoms. The van der Waals surface area contributed by atoms with Crippen LogP contribution in [0.2, 0.25) is 0 Å². The molecular formula is C18H27N2O4P3. The van der Waals surface area contributed by atoms with Gasteiger partial charge >= 0.3 is 0 Å². The van der Waals surface area contributed by atoms with Gasteiger partial charge in [-0.1, -0.05) is 43.3 Å². The second-order valence-electron chi connectivity index (χ2n) is 5.14. The van der Waals surface area contributed by atoms with Crippen molar-refractivity contribution < 1.29 is 18.1 Å². The van der Waals surface area contributed by atoms with Gasteiger partial charge in [0, 0.05) is 46.0 Å². The molecule has 0 N–H and O–H groups in total. The van der Waals surface area contributed by atoms with E-state index in [1.807, 2.05) is 36.4 Å². The summed E-state index contributed by atoms with van der Waals surface area (Å²) in [5.41, 5.74) is 2.09. The Morgan fingerprint density at radius 3 is 1.22 bits per heavy atom. The quantitative estimate of drug-likeness (QED) is 0.388. The SMILES string of the molecule is CCP(N(c1ccccc1)P(OC)OC)N(c1ccccc1)P(OC)OC. The maximum absolute atomic E-state index is 5.72. The van der Waals surface area contributed by atoms with Crippen LogP contribution in [0, 0.1) is 0 Å². The van der Waals surface area contributed by atoms with Crippen LogP contribution in [-0.4, -0.2) is 34.6 Å². The van der Waals surface area contributed by atoms with Crippen LogP contribution in [0.4, 0.5) is 11.4 Å². The number of nitrogens with zero attached hydrogens (tertiary/aromatic N) is 2. The van der Waals surface area contributed by atoms with Gasteiger partial charge in [0.15, 0.2) is 0 Å². The van der Waals surface area contributed by atoms with E-state index in [2.05, 4.69) is 40.1 Å². The fourth-order valence-corrected chi connectivity index (χ4v) is 9.26. The summed E-state index contributed by atoms with van der Waals surface area (Å²) in [6.07, 6.45) is 0.871. The van der Waals surface area contributed by atoms with E-state index in [-0.39, 0.29) is 0 Å². The van der Waals surface area contributed by atoms with Gasteiger partial charge in [0.2, 0.25) is 0 Å². The number of benzene rings is 2. The Morgan fingerprint density at radius 1 is 0.630 bits per heavy atom. The Balaban J connectivity index is 2.56. The molecule has 0 atom stereocenters. The summed E-state index contributed by atoms with van der Waals surface area (Å²) in [4.78, 5) is 0. The second-order valence-corrected chi connectivity index (χ2v) is 11.2. The Kier molecular flexibility index (Phi) is 9.89. The molecule has 2 aromatic rings. The highest BCUT2D eigenvalue weighted by atomic mass is 31.2. The Morgan fingerprint density at radius 2 is 0.963 bits per heavy atom.